The molecule has 0 atom stereocenters. The van der Waals surface area contributed by atoms with Crippen LogP contribution in [0, 0.1) is 18.2 Å². The second kappa shape index (κ2) is 10.7. The highest BCUT2D eigenvalue weighted by Crippen LogP contribution is 2.28. The molecule has 2 heterocycles. The molecule has 3 rings (SSSR count). The van der Waals surface area contributed by atoms with Gasteiger partial charge < -0.3 is 19.9 Å². The number of rotatable bonds is 8. The third-order valence-electron chi connectivity index (χ3n) is 5.24. The molecule has 1 saturated heterocycles. The molecule has 0 unspecified atom stereocenters. The van der Waals surface area contributed by atoms with Crippen LogP contribution in [-0.4, -0.2) is 49.4 Å². The van der Waals surface area contributed by atoms with Gasteiger partial charge in [0.15, 0.2) is 0 Å². The molecule has 2 N–H and O–H groups in total. The molecule has 0 aliphatic carbocycles. The van der Waals surface area contributed by atoms with Crippen molar-refractivity contribution in [1.82, 2.24) is 20.8 Å². The zero-order chi connectivity index (χ0) is 20.0. The van der Waals surface area contributed by atoms with Crippen LogP contribution in [0.3, 0.4) is 0 Å². The molecule has 1 aliphatic heterocycles. The van der Waals surface area contributed by atoms with Crippen LogP contribution in [0.1, 0.15) is 30.7 Å². The lowest BCUT2D eigenvalue weighted by molar-refractivity contribution is -0.122. The Balaban J connectivity index is 0.00000300. The molecule has 9 heteroatoms. The molecule has 1 amide bonds. The van der Waals surface area contributed by atoms with Crippen molar-refractivity contribution >= 4 is 18.3 Å². The number of nitrogens with one attached hydrogen (secondary N) is 2. The molecule has 1 aromatic carbocycles. The standard InChI is InChI=1S/C20H27FN4O3.ClH/c1-14-3-4-15(11-16(14)21)19-24-18(28-25-19)6-5-17(26)23-12-20(13-27-2)7-9-22-10-8-20;/h3-4,11,22H,5-10,12-13H2,1-2H3,(H,23,26);1H. The van der Waals surface area contributed by atoms with Crippen LogP contribution in [0.4, 0.5) is 4.39 Å². The van der Waals surface area contributed by atoms with Gasteiger partial charge in [-0.2, -0.15) is 4.98 Å². The molecular formula is C20H28ClFN4O3. The molecule has 0 saturated carbocycles. The van der Waals surface area contributed by atoms with Crippen LogP contribution in [-0.2, 0) is 16.0 Å². The summed E-state index contributed by atoms with van der Waals surface area (Å²) in [6.07, 6.45) is 2.54. The molecule has 0 bridgehead atoms. The number of aryl methyl sites for hydroxylation is 2. The summed E-state index contributed by atoms with van der Waals surface area (Å²) in [7, 11) is 1.69. The summed E-state index contributed by atoms with van der Waals surface area (Å²) in [5, 5.41) is 10.2. The Hall–Kier alpha value is -2.03. The molecule has 1 aromatic heterocycles. The summed E-state index contributed by atoms with van der Waals surface area (Å²) in [5.41, 5.74) is 1.10. The Morgan fingerprint density at radius 1 is 1.38 bits per heavy atom. The minimum atomic E-state index is -0.314. The second-order valence-electron chi connectivity index (χ2n) is 7.44. The summed E-state index contributed by atoms with van der Waals surface area (Å²) in [6.45, 7) is 4.79. The number of benzene rings is 1. The Kier molecular flexibility index (Phi) is 8.55. The summed E-state index contributed by atoms with van der Waals surface area (Å²) in [4.78, 5) is 16.5. The Morgan fingerprint density at radius 3 is 2.83 bits per heavy atom. The van der Waals surface area contributed by atoms with Crippen molar-refractivity contribution in [3.63, 3.8) is 0 Å². The molecule has 1 fully saturated rings. The fourth-order valence-electron chi connectivity index (χ4n) is 3.44. The molecular weight excluding hydrogens is 399 g/mol. The Morgan fingerprint density at radius 2 is 2.14 bits per heavy atom. The van der Waals surface area contributed by atoms with E-state index >= 15 is 0 Å². The molecule has 1 aliphatic rings. The summed E-state index contributed by atoms with van der Waals surface area (Å²) in [6, 6.07) is 4.80. The van der Waals surface area contributed by atoms with Crippen molar-refractivity contribution in [2.75, 3.05) is 33.4 Å². The topological polar surface area (TPSA) is 89.3 Å². The van der Waals surface area contributed by atoms with E-state index in [0.29, 0.717) is 42.4 Å². The number of carbonyl (C=O) groups excluding carboxylic acids is 1. The first-order valence-electron chi connectivity index (χ1n) is 9.57. The van der Waals surface area contributed by atoms with Crippen molar-refractivity contribution in [2.45, 2.75) is 32.6 Å². The number of piperidine rings is 1. The van der Waals surface area contributed by atoms with E-state index in [-0.39, 0.29) is 36.0 Å². The van der Waals surface area contributed by atoms with Crippen molar-refractivity contribution in [3.05, 3.63) is 35.5 Å². The van der Waals surface area contributed by atoms with Crippen LogP contribution in [0.15, 0.2) is 22.7 Å². The fraction of sp³-hybridized carbons (Fsp3) is 0.550. The highest BCUT2D eigenvalue weighted by Gasteiger charge is 2.32. The number of aromatic nitrogens is 2. The monoisotopic (exact) mass is 426 g/mol. The zero-order valence-corrected chi connectivity index (χ0v) is 17.6. The lowest BCUT2D eigenvalue weighted by Crippen LogP contribution is -2.47. The first kappa shape index (κ1) is 23.3. The van der Waals surface area contributed by atoms with Crippen LogP contribution >= 0.6 is 12.4 Å². The second-order valence-corrected chi connectivity index (χ2v) is 7.44. The van der Waals surface area contributed by atoms with Gasteiger partial charge in [-0.05, 0) is 44.5 Å². The highest BCUT2D eigenvalue weighted by molar-refractivity contribution is 5.85. The summed E-state index contributed by atoms with van der Waals surface area (Å²) in [5.74, 6) is 0.309. The SMILES string of the molecule is COCC1(CNC(=O)CCc2nc(-c3ccc(C)c(F)c3)no2)CCNCC1.Cl. The molecule has 0 radical (unpaired) electrons. The van der Waals surface area contributed by atoms with Gasteiger partial charge in [0.1, 0.15) is 5.82 Å². The van der Waals surface area contributed by atoms with Gasteiger partial charge in [-0.25, -0.2) is 4.39 Å². The van der Waals surface area contributed by atoms with Crippen molar-refractivity contribution in [3.8, 4) is 11.4 Å². The smallest absolute Gasteiger partial charge is 0.227 e. The number of carbonyl (C=O) groups is 1. The maximum Gasteiger partial charge on any atom is 0.227 e. The average Bonchev–Trinajstić information content (AvgIpc) is 3.17. The third kappa shape index (κ3) is 6.22. The highest BCUT2D eigenvalue weighted by atomic mass is 35.5. The minimum absolute atomic E-state index is 0. The van der Waals surface area contributed by atoms with E-state index in [4.69, 9.17) is 9.26 Å². The molecule has 7 nitrogen and oxygen atoms in total. The largest absolute Gasteiger partial charge is 0.384 e. The number of amides is 1. The van der Waals surface area contributed by atoms with Gasteiger partial charge in [-0.15, -0.1) is 12.4 Å². The maximum atomic E-state index is 13.7. The number of halogens is 2. The van der Waals surface area contributed by atoms with E-state index in [1.165, 1.54) is 6.07 Å². The Bertz CT molecular complexity index is 803. The minimum Gasteiger partial charge on any atom is -0.384 e. The lowest BCUT2D eigenvalue weighted by atomic mass is 9.79. The molecule has 160 valence electrons. The quantitative estimate of drug-likeness (QED) is 0.674. The predicted molar refractivity (Wildman–Crippen MR) is 109 cm³/mol. The Labute approximate surface area is 176 Å². The van der Waals surface area contributed by atoms with E-state index < -0.39 is 0 Å². The van der Waals surface area contributed by atoms with E-state index in [0.717, 1.165) is 25.9 Å². The number of hydrogen-bond donors (Lipinski definition) is 2. The van der Waals surface area contributed by atoms with Crippen molar-refractivity contribution in [2.24, 2.45) is 5.41 Å². The predicted octanol–water partition coefficient (Wildman–Crippen LogP) is 2.67. The van der Waals surface area contributed by atoms with E-state index in [2.05, 4.69) is 20.8 Å². The van der Waals surface area contributed by atoms with Crippen molar-refractivity contribution in [1.29, 1.82) is 0 Å². The van der Waals surface area contributed by atoms with Gasteiger partial charge in [0.2, 0.25) is 17.6 Å². The van der Waals surface area contributed by atoms with E-state index in [9.17, 15) is 9.18 Å². The van der Waals surface area contributed by atoms with E-state index in [1.807, 2.05) is 0 Å². The van der Waals surface area contributed by atoms with Crippen LogP contribution in [0.5, 0.6) is 0 Å². The van der Waals surface area contributed by atoms with Crippen LogP contribution in [0.2, 0.25) is 0 Å². The van der Waals surface area contributed by atoms with Gasteiger partial charge >= 0.3 is 0 Å². The lowest BCUT2D eigenvalue weighted by Gasteiger charge is -2.37. The average molecular weight is 427 g/mol. The van der Waals surface area contributed by atoms with Gasteiger partial charge in [0.05, 0.1) is 6.61 Å². The molecule has 0 spiro atoms. The third-order valence-corrected chi connectivity index (χ3v) is 5.24. The van der Waals surface area contributed by atoms with Crippen LogP contribution < -0.4 is 10.6 Å². The van der Waals surface area contributed by atoms with Gasteiger partial charge in [-0.1, -0.05) is 17.3 Å². The first-order valence-corrected chi connectivity index (χ1v) is 9.57. The van der Waals surface area contributed by atoms with E-state index in [1.54, 1.807) is 26.2 Å². The number of ether oxygens (including phenoxy) is 1. The zero-order valence-electron chi connectivity index (χ0n) is 16.8. The molecule has 2 aromatic rings. The summed E-state index contributed by atoms with van der Waals surface area (Å²) < 4.78 is 24.3. The van der Waals surface area contributed by atoms with Crippen LogP contribution in [0.25, 0.3) is 11.4 Å². The van der Waals surface area contributed by atoms with Gasteiger partial charge in [-0.3, -0.25) is 4.79 Å². The number of hydrogen-bond acceptors (Lipinski definition) is 6. The normalized spacial score (nSPS) is 15.6. The first-order chi connectivity index (χ1) is 13.5. The van der Waals surface area contributed by atoms with Crippen molar-refractivity contribution < 1.29 is 18.4 Å². The number of nitrogens with zero attached hydrogens (tertiary/aromatic N) is 2. The van der Waals surface area contributed by atoms with Gasteiger partial charge in [0, 0.05) is 37.5 Å². The van der Waals surface area contributed by atoms with Gasteiger partial charge in [0.25, 0.3) is 0 Å². The molecule has 29 heavy (non-hydrogen) atoms. The summed E-state index contributed by atoms with van der Waals surface area (Å²) >= 11 is 0. The number of methoxy groups -OCH3 is 1. The fourth-order valence-corrected chi connectivity index (χ4v) is 3.44. The maximum absolute atomic E-state index is 13.7.